The normalized spacial score (nSPS) is 18.2. The number of carbonyl (C=O) groups is 2. The summed E-state index contributed by atoms with van der Waals surface area (Å²) in [4.78, 5) is 21.0. The molecule has 1 rings (SSSR count). The maximum atomic E-state index is 10.5. The molecule has 46 valence electrons. The summed E-state index contributed by atoms with van der Waals surface area (Å²) >= 11 is 0. The summed E-state index contributed by atoms with van der Waals surface area (Å²) in [6.45, 7) is 0. The Bertz CT molecular complexity index is 199. The zero-order chi connectivity index (χ0) is 6.69. The van der Waals surface area contributed by atoms with Crippen molar-refractivity contribution in [3.63, 3.8) is 0 Å². The van der Waals surface area contributed by atoms with E-state index in [1.54, 1.807) is 6.08 Å². The van der Waals surface area contributed by atoms with E-state index in [1.807, 2.05) is 0 Å². The Kier molecular flexibility index (Phi) is 1.58. The lowest BCUT2D eigenvalue weighted by molar-refractivity contribution is -0.114. The van der Waals surface area contributed by atoms with Crippen molar-refractivity contribution < 1.29 is 9.59 Å². The third-order valence-electron chi connectivity index (χ3n) is 1.03. The van der Waals surface area contributed by atoms with Crippen LogP contribution in [-0.2, 0) is 9.59 Å². The van der Waals surface area contributed by atoms with Gasteiger partial charge in [-0.25, -0.2) is 0 Å². The molecule has 0 saturated heterocycles. The van der Waals surface area contributed by atoms with Crippen LogP contribution in [0, 0.1) is 0 Å². The smallest absolute Gasteiger partial charge is 0.178 e. The molecule has 0 radical (unpaired) electrons. The lowest BCUT2D eigenvalue weighted by Gasteiger charge is -1.77. The molecule has 0 fully saturated rings. The second kappa shape index (κ2) is 2.40. The summed E-state index contributed by atoms with van der Waals surface area (Å²) in [5.74, 6) is -0.127. The van der Waals surface area contributed by atoms with E-state index < -0.39 is 0 Å². The molecule has 0 bridgehead atoms. The zero-order valence-electron chi connectivity index (χ0n) is 4.83. The number of carbonyl (C=O) groups excluding carboxylic acids is 2. The van der Waals surface area contributed by atoms with Crippen LogP contribution in [0.1, 0.15) is 6.42 Å². The van der Waals surface area contributed by atoms with Crippen LogP contribution in [-0.4, -0.2) is 11.6 Å². The van der Waals surface area contributed by atoms with Gasteiger partial charge in [0.25, 0.3) is 0 Å². The first kappa shape index (κ1) is 5.95. The molecule has 0 spiro atoms. The Morgan fingerprint density at radius 2 is 1.89 bits per heavy atom. The molecule has 0 atom stereocenters. The monoisotopic (exact) mass is 122 g/mol. The number of hydrogen-bond acceptors (Lipinski definition) is 2. The minimum absolute atomic E-state index is 0.0166. The molecule has 0 aromatic rings. The lowest BCUT2D eigenvalue weighted by atomic mass is 10.3. The highest BCUT2D eigenvalue weighted by atomic mass is 16.1. The molecule has 1 aliphatic rings. The second-order valence-corrected chi connectivity index (χ2v) is 1.81. The van der Waals surface area contributed by atoms with Gasteiger partial charge in [-0.1, -0.05) is 6.08 Å². The molecule has 0 aromatic carbocycles. The summed E-state index contributed by atoms with van der Waals surface area (Å²) in [5.41, 5.74) is 0. The van der Waals surface area contributed by atoms with Gasteiger partial charge in [-0.05, 0) is 18.2 Å². The topological polar surface area (TPSA) is 34.1 Å². The van der Waals surface area contributed by atoms with E-state index in [-0.39, 0.29) is 11.6 Å². The standard InChI is InChI=1S/C7H6O2/c8-6-2-1-3-7(9)5-4-6/h1-2,4-5H,3H2. The van der Waals surface area contributed by atoms with Crippen LogP contribution in [0.25, 0.3) is 0 Å². The highest BCUT2D eigenvalue weighted by molar-refractivity contribution is 6.06. The predicted octanol–water partition coefficient (Wildman–Crippen LogP) is 0.641. The van der Waals surface area contributed by atoms with Crippen molar-refractivity contribution in [2.24, 2.45) is 0 Å². The van der Waals surface area contributed by atoms with Gasteiger partial charge in [-0.15, -0.1) is 0 Å². The fourth-order valence-corrected chi connectivity index (χ4v) is 0.590. The average molecular weight is 122 g/mol. The van der Waals surface area contributed by atoms with Crippen molar-refractivity contribution in [2.75, 3.05) is 0 Å². The number of allylic oxidation sites excluding steroid dienone is 4. The van der Waals surface area contributed by atoms with Crippen LogP contribution in [0.15, 0.2) is 24.3 Å². The molecule has 2 heteroatoms. The quantitative estimate of drug-likeness (QED) is 0.472. The van der Waals surface area contributed by atoms with E-state index in [9.17, 15) is 9.59 Å². The van der Waals surface area contributed by atoms with Crippen LogP contribution in [0.3, 0.4) is 0 Å². The van der Waals surface area contributed by atoms with E-state index in [1.165, 1.54) is 18.2 Å². The maximum Gasteiger partial charge on any atom is 0.178 e. The third-order valence-corrected chi connectivity index (χ3v) is 1.03. The first-order chi connectivity index (χ1) is 4.29. The Morgan fingerprint density at radius 1 is 1.11 bits per heavy atom. The van der Waals surface area contributed by atoms with E-state index in [4.69, 9.17) is 0 Å². The largest absolute Gasteiger partial charge is 0.295 e. The van der Waals surface area contributed by atoms with Crippen LogP contribution >= 0.6 is 0 Å². The van der Waals surface area contributed by atoms with E-state index in [0.29, 0.717) is 6.42 Å². The molecule has 0 unspecified atom stereocenters. The van der Waals surface area contributed by atoms with E-state index >= 15 is 0 Å². The van der Waals surface area contributed by atoms with Crippen molar-refractivity contribution in [3.05, 3.63) is 24.3 Å². The Hall–Kier alpha value is -1.18. The third kappa shape index (κ3) is 1.64. The van der Waals surface area contributed by atoms with Crippen LogP contribution in [0.5, 0.6) is 0 Å². The van der Waals surface area contributed by atoms with Gasteiger partial charge in [0.1, 0.15) is 0 Å². The fourth-order valence-electron chi connectivity index (χ4n) is 0.590. The summed E-state index contributed by atoms with van der Waals surface area (Å²) in [7, 11) is 0. The van der Waals surface area contributed by atoms with Gasteiger partial charge in [0.05, 0.1) is 0 Å². The average Bonchev–Trinajstić information content (AvgIpc) is 1.97. The molecule has 0 aliphatic heterocycles. The van der Waals surface area contributed by atoms with Gasteiger partial charge in [0, 0.05) is 6.42 Å². The molecule has 0 heterocycles. The van der Waals surface area contributed by atoms with Crippen LogP contribution in [0.4, 0.5) is 0 Å². The van der Waals surface area contributed by atoms with Gasteiger partial charge < -0.3 is 0 Å². The first-order valence-electron chi connectivity index (χ1n) is 2.70. The van der Waals surface area contributed by atoms with Gasteiger partial charge in [0.2, 0.25) is 0 Å². The molecular weight excluding hydrogens is 116 g/mol. The van der Waals surface area contributed by atoms with Gasteiger partial charge in [0.15, 0.2) is 11.6 Å². The lowest BCUT2D eigenvalue weighted by Crippen LogP contribution is -1.86. The zero-order valence-corrected chi connectivity index (χ0v) is 4.83. The Balaban J connectivity index is 2.80. The molecule has 2 nitrogen and oxygen atoms in total. The second-order valence-electron chi connectivity index (χ2n) is 1.81. The fraction of sp³-hybridized carbons (Fsp3) is 0.143. The Labute approximate surface area is 52.9 Å². The minimum Gasteiger partial charge on any atom is -0.295 e. The summed E-state index contributed by atoms with van der Waals surface area (Å²) in [6.07, 6.45) is 5.92. The molecular formula is C7H6O2. The highest BCUT2D eigenvalue weighted by Crippen LogP contribution is 1.94. The number of rotatable bonds is 0. The van der Waals surface area contributed by atoms with Crippen molar-refractivity contribution >= 4 is 11.6 Å². The Morgan fingerprint density at radius 3 is 2.67 bits per heavy atom. The molecule has 0 saturated carbocycles. The highest BCUT2D eigenvalue weighted by Gasteiger charge is 1.98. The molecule has 0 aromatic heterocycles. The molecule has 1 aliphatic carbocycles. The molecule has 9 heavy (non-hydrogen) atoms. The van der Waals surface area contributed by atoms with E-state index in [0.717, 1.165) is 0 Å². The van der Waals surface area contributed by atoms with Gasteiger partial charge in [-0.3, -0.25) is 9.59 Å². The SMILES string of the molecule is O=C1C=CCC(=O)C=C1. The molecule has 0 N–H and O–H groups in total. The van der Waals surface area contributed by atoms with Crippen molar-refractivity contribution in [3.8, 4) is 0 Å². The summed E-state index contributed by atoms with van der Waals surface area (Å²) in [5, 5.41) is 0. The van der Waals surface area contributed by atoms with Crippen molar-refractivity contribution in [2.45, 2.75) is 6.42 Å². The van der Waals surface area contributed by atoms with Gasteiger partial charge >= 0.3 is 0 Å². The predicted molar refractivity (Wildman–Crippen MR) is 32.9 cm³/mol. The van der Waals surface area contributed by atoms with Crippen molar-refractivity contribution in [1.29, 1.82) is 0 Å². The molecule has 0 amide bonds. The summed E-state index contributed by atoms with van der Waals surface area (Å²) in [6, 6.07) is 0. The minimum atomic E-state index is -0.110. The number of hydrogen-bond donors (Lipinski definition) is 0. The van der Waals surface area contributed by atoms with Crippen LogP contribution in [0.2, 0.25) is 0 Å². The maximum absolute atomic E-state index is 10.5. The first-order valence-corrected chi connectivity index (χ1v) is 2.70. The van der Waals surface area contributed by atoms with Gasteiger partial charge in [-0.2, -0.15) is 0 Å². The summed E-state index contributed by atoms with van der Waals surface area (Å²) < 4.78 is 0. The number of ketones is 2. The van der Waals surface area contributed by atoms with Crippen molar-refractivity contribution in [1.82, 2.24) is 0 Å². The van der Waals surface area contributed by atoms with E-state index in [2.05, 4.69) is 0 Å². The van der Waals surface area contributed by atoms with Crippen LogP contribution < -0.4 is 0 Å².